The maximum Gasteiger partial charge on any atom is 0.278 e. The molecule has 0 bridgehead atoms. The Bertz CT molecular complexity index is 795. The second kappa shape index (κ2) is 7.80. The van der Waals surface area contributed by atoms with Crippen molar-refractivity contribution in [3.05, 3.63) is 51.9 Å². The standard InChI is InChI=1S/C17H20N4O4/c1-24-14-4-2-13(3-5-14)12-21-17(22)15(10-19-23)16(11-18-21)20-6-8-25-9-7-20/h2-5,10-11,23H,6-9,12H2,1H3/b19-10+. The molecule has 0 saturated carbocycles. The average Bonchev–Trinajstić information content (AvgIpc) is 2.66. The van der Waals surface area contributed by atoms with E-state index in [0.717, 1.165) is 11.3 Å². The molecule has 1 aromatic carbocycles. The molecular formula is C17H20N4O4. The van der Waals surface area contributed by atoms with Crippen LogP contribution in [0.3, 0.4) is 0 Å². The summed E-state index contributed by atoms with van der Waals surface area (Å²) in [6.45, 7) is 2.82. The predicted molar refractivity (Wildman–Crippen MR) is 93.0 cm³/mol. The van der Waals surface area contributed by atoms with Crippen molar-refractivity contribution in [1.82, 2.24) is 9.78 Å². The van der Waals surface area contributed by atoms with Crippen LogP contribution in [0.1, 0.15) is 11.1 Å². The minimum atomic E-state index is -0.308. The molecule has 1 aliphatic rings. The lowest BCUT2D eigenvalue weighted by Gasteiger charge is -2.29. The molecule has 132 valence electrons. The molecule has 1 aromatic heterocycles. The molecule has 0 atom stereocenters. The highest BCUT2D eigenvalue weighted by Gasteiger charge is 2.18. The first-order valence-electron chi connectivity index (χ1n) is 7.96. The van der Waals surface area contributed by atoms with E-state index in [2.05, 4.69) is 10.3 Å². The number of morpholine rings is 1. The molecular weight excluding hydrogens is 324 g/mol. The maximum absolute atomic E-state index is 12.8. The van der Waals surface area contributed by atoms with Crippen LogP contribution in [-0.4, -0.2) is 54.6 Å². The third kappa shape index (κ3) is 3.80. The van der Waals surface area contributed by atoms with Crippen LogP contribution in [0, 0.1) is 0 Å². The summed E-state index contributed by atoms with van der Waals surface area (Å²) >= 11 is 0. The molecule has 3 rings (SSSR count). The van der Waals surface area contributed by atoms with Gasteiger partial charge < -0.3 is 19.6 Å². The van der Waals surface area contributed by atoms with Gasteiger partial charge in [-0.05, 0) is 17.7 Å². The quantitative estimate of drug-likeness (QED) is 0.493. The van der Waals surface area contributed by atoms with Crippen LogP contribution < -0.4 is 15.2 Å². The molecule has 0 aliphatic carbocycles. The van der Waals surface area contributed by atoms with E-state index >= 15 is 0 Å². The fourth-order valence-electron chi connectivity index (χ4n) is 2.75. The van der Waals surface area contributed by atoms with Crippen molar-refractivity contribution in [3.63, 3.8) is 0 Å². The van der Waals surface area contributed by atoms with E-state index in [9.17, 15) is 4.79 Å². The van der Waals surface area contributed by atoms with Gasteiger partial charge in [-0.15, -0.1) is 0 Å². The lowest BCUT2D eigenvalue weighted by atomic mass is 10.2. The average molecular weight is 344 g/mol. The van der Waals surface area contributed by atoms with Crippen molar-refractivity contribution < 1.29 is 14.7 Å². The summed E-state index contributed by atoms with van der Waals surface area (Å²) in [5.41, 5.74) is 1.57. The molecule has 1 aliphatic heterocycles. The Morgan fingerprint density at radius 1 is 1.32 bits per heavy atom. The van der Waals surface area contributed by atoms with E-state index in [0.29, 0.717) is 44.1 Å². The fourth-order valence-corrected chi connectivity index (χ4v) is 2.75. The number of hydrogen-bond donors (Lipinski definition) is 1. The van der Waals surface area contributed by atoms with Crippen molar-refractivity contribution in [2.75, 3.05) is 38.3 Å². The highest BCUT2D eigenvalue weighted by Crippen LogP contribution is 2.17. The molecule has 0 radical (unpaired) electrons. The van der Waals surface area contributed by atoms with Crippen molar-refractivity contribution >= 4 is 11.9 Å². The minimum absolute atomic E-state index is 0.308. The van der Waals surface area contributed by atoms with E-state index < -0.39 is 0 Å². The number of aromatic nitrogens is 2. The Balaban J connectivity index is 1.92. The van der Waals surface area contributed by atoms with Gasteiger partial charge in [0.2, 0.25) is 0 Å². The summed E-state index contributed by atoms with van der Waals surface area (Å²) in [5.74, 6) is 0.750. The number of rotatable bonds is 5. The van der Waals surface area contributed by atoms with Gasteiger partial charge in [0.15, 0.2) is 0 Å². The Hall–Kier alpha value is -2.87. The summed E-state index contributed by atoms with van der Waals surface area (Å²) in [7, 11) is 1.60. The highest BCUT2D eigenvalue weighted by atomic mass is 16.5. The zero-order valence-electron chi connectivity index (χ0n) is 14.0. The van der Waals surface area contributed by atoms with Gasteiger partial charge in [0.1, 0.15) is 5.75 Å². The Kier molecular flexibility index (Phi) is 5.30. The van der Waals surface area contributed by atoms with E-state index in [-0.39, 0.29) is 5.56 Å². The van der Waals surface area contributed by atoms with Gasteiger partial charge in [-0.3, -0.25) is 4.79 Å². The predicted octanol–water partition coefficient (Wildman–Crippen LogP) is 0.945. The van der Waals surface area contributed by atoms with E-state index in [1.54, 1.807) is 13.3 Å². The molecule has 8 heteroatoms. The highest BCUT2D eigenvalue weighted by molar-refractivity contribution is 5.86. The van der Waals surface area contributed by atoms with E-state index in [1.165, 1.54) is 10.9 Å². The zero-order valence-corrected chi connectivity index (χ0v) is 14.0. The maximum atomic E-state index is 12.8. The normalized spacial score (nSPS) is 14.8. The summed E-state index contributed by atoms with van der Waals surface area (Å²) < 4.78 is 11.8. The Morgan fingerprint density at radius 3 is 2.68 bits per heavy atom. The molecule has 1 fully saturated rings. The van der Waals surface area contributed by atoms with Crippen LogP contribution in [0.2, 0.25) is 0 Å². The van der Waals surface area contributed by atoms with Crippen LogP contribution in [0.15, 0.2) is 40.4 Å². The molecule has 8 nitrogen and oxygen atoms in total. The van der Waals surface area contributed by atoms with Crippen LogP contribution in [0.5, 0.6) is 5.75 Å². The van der Waals surface area contributed by atoms with E-state index in [4.69, 9.17) is 14.7 Å². The molecule has 1 N–H and O–H groups in total. The van der Waals surface area contributed by atoms with Crippen molar-refractivity contribution in [2.24, 2.45) is 5.16 Å². The first kappa shape index (κ1) is 17.0. The number of nitrogens with zero attached hydrogens (tertiary/aromatic N) is 4. The molecule has 0 unspecified atom stereocenters. The number of ether oxygens (including phenoxy) is 2. The number of anilines is 1. The molecule has 2 aromatic rings. The van der Waals surface area contributed by atoms with E-state index in [1.807, 2.05) is 29.2 Å². The lowest BCUT2D eigenvalue weighted by molar-refractivity contribution is 0.122. The third-order valence-electron chi connectivity index (χ3n) is 4.09. The number of oxime groups is 1. The molecule has 25 heavy (non-hydrogen) atoms. The SMILES string of the molecule is COc1ccc(Cn2ncc(N3CCOCC3)c(/C=N/O)c2=O)cc1. The summed E-state index contributed by atoms with van der Waals surface area (Å²) in [6, 6.07) is 7.42. The zero-order chi connectivity index (χ0) is 17.6. The number of methoxy groups -OCH3 is 1. The third-order valence-corrected chi connectivity index (χ3v) is 4.09. The van der Waals surface area contributed by atoms with Gasteiger partial charge in [0.25, 0.3) is 5.56 Å². The number of hydrogen-bond acceptors (Lipinski definition) is 7. The van der Waals surface area contributed by atoms with Gasteiger partial charge in [-0.1, -0.05) is 17.3 Å². The fraction of sp³-hybridized carbons (Fsp3) is 0.353. The van der Waals surface area contributed by atoms with Gasteiger partial charge in [0.05, 0.1) is 50.5 Å². The molecule has 2 heterocycles. The van der Waals surface area contributed by atoms with Crippen molar-refractivity contribution in [1.29, 1.82) is 0 Å². The summed E-state index contributed by atoms with van der Waals surface area (Å²) in [6.07, 6.45) is 2.80. The van der Waals surface area contributed by atoms with Crippen LogP contribution in [0.4, 0.5) is 5.69 Å². The van der Waals surface area contributed by atoms with Crippen LogP contribution in [0.25, 0.3) is 0 Å². The lowest BCUT2D eigenvalue weighted by Crippen LogP contribution is -2.39. The second-order valence-corrected chi connectivity index (χ2v) is 5.60. The largest absolute Gasteiger partial charge is 0.497 e. The molecule has 0 spiro atoms. The Labute approximate surface area is 144 Å². The van der Waals surface area contributed by atoms with Crippen LogP contribution in [-0.2, 0) is 11.3 Å². The number of benzene rings is 1. The molecule has 1 saturated heterocycles. The topological polar surface area (TPSA) is 89.2 Å². The van der Waals surface area contributed by atoms with Gasteiger partial charge in [0, 0.05) is 13.1 Å². The second-order valence-electron chi connectivity index (χ2n) is 5.60. The van der Waals surface area contributed by atoms with Crippen molar-refractivity contribution in [2.45, 2.75) is 6.54 Å². The monoisotopic (exact) mass is 344 g/mol. The first-order valence-corrected chi connectivity index (χ1v) is 7.96. The first-order chi connectivity index (χ1) is 12.2. The van der Waals surface area contributed by atoms with Gasteiger partial charge in [-0.2, -0.15) is 5.10 Å². The summed E-state index contributed by atoms with van der Waals surface area (Å²) in [5, 5.41) is 16.3. The summed E-state index contributed by atoms with van der Waals surface area (Å²) in [4.78, 5) is 14.8. The van der Waals surface area contributed by atoms with Crippen LogP contribution >= 0.6 is 0 Å². The smallest absolute Gasteiger partial charge is 0.278 e. The minimum Gasteiger partial charge on any atom is -0.497 e. The van der Waals surface area contributed by atoms with Gasteiger partial charge in [-0.25, -0.2) is 4.68 Å². The van der Waals surface area contributed by atoms with Gasteiger partial charge >= 0.3 is 0 Å². The Morgan fingerprint density at radius 2 is 2.04 bits per heavy atom. The van der Waals surface area contributed by atoms with Crippen molar-refractivity contribution in [3.8, 4) is 5.75 Å². The molecule has 0 amide bonds.